The number of rotatable bonds is 1. The molecule has 1 aliphatic heterocycles. The van der Waals surface area contributed by atoms with Gasteiger partial charge in [-0.1, -0.05) is 0 Å². The normalized spacial score (nSPS) is 23.8. The molecule has 0 radical (unpaired) electrons. The number of aromatic nitrogens is 1. The second-order valence-corrected chi connectivity index (χ2v) is 5.42. The number of benzene rings is 1. The number of nitrogens with one attached hydrogen (secondary N) is 1. The summed E-state index contributed by atoms with van der Waals surface area (Å²) in [5.74, 6) is 0. The fraction of sp³-hybridized carbons (Fsp3) is 0.400. The third-order valence-corrected chi connectivity index (χ3v) is 3.82. The Hall–Kier alpha value is -1.81. The van der Waals surface area contributed by atoms with Crippen LogP contribution in [0.4, 0.5) is 11.4 Å². The second kappa shape index (κ2) is 4.70. The van der Waals surface area contributed by atoms with Gasteiger partial charge in [0.15, 0.2) is 0 Å². The largest absolute Gasteiger partial charge is 0.399 e. The molecule has 19 heavy (non-hydrogen) atoms. The van der Waals surface area contributed by atoms with Crippen LogP contribution < -0.4 is 16.0 Å². The fourth-order valence-corrected chi connectivity index (χ4v) is 2.76. The van der Waals surface area contributed by atoms with Gasteiger partial charge >= 0.3 is 0 Å². The van der Waals surface area contributed by atoms with Crippen LogP contribution in [0, 0.1) is 0 Å². The Balaban J connectivity index is 2.10. The fourth-order valence-electron chi connectivity index (χ4n) is 2.76. The maximum absolute atomic E-state index is 5.93. The minimum atomic E-state index is 0.475. The van der Waals surface area contributed by atoms with E-state index in [2.05, 4.69) is 35.1 Å². The lowest BCUT2D eigenvalue weighted by Crippen LogP contribution is -2.54. The molecule has 3 N–H and O–H groups in total. The molecule has 2 atom stereocenters. The first-order valence-electron chi connectivity index (χ1n) is 6.79. The first-order chi connectivity index (χ1) is 9.15. The van der Waals surface area contributed by atoms with E-state index in [0.29, 0.717) is 12.1 Å². The summed E-state index contributed by atoms with van der Waals surface area (Å²) in [7, 11) is 0. The maximum Gasteiger partial charge on any atom is 0.0724 e. The highest BCUT2D eigenvalue weighted by Gasteiger charge is 2.23. The van der Waals surface area contributed by atoms with Crippen molar-refractivity contribution < 1.29 is 0 Å². The topological polar surface area (TPSA) is 54.2 Å². The van der Waals surface area contributed by atoms with Gasteiger partial charge in [0.2, 0.25) is 0 Å². The highest BCUT2D eigenvalue weighted by molar-refractivity contribution is 5.93. The van der Waals surface area contributed by atoms with E-state index in [1.165, 1.54) is 5.69 Å². The van der Waals surface area contributed by atoms with E-state index >= 15 is 0 Å². The van der Waals surface area contributed by atoms with Gasteiger partial charge in [-0.15, -0.1) is 0 Å². The van der Waals surface area contributed by atoms with Gasteiger partial charge in [0.1, 0.15) is 0 Å². The standard InChI is InChI=1S/C15H20N4/c1-10-9-19(11(2)8-18-10)15-5-6-17-14-4-3-12(16)7-13(14)15/h3-7,10-11,18H,8-9,16H2,1-2H3/t10-,11+/m1/s1. The minimum Gasteiger partial charge on any atom is -0.399 e. The molecule has 1 aliphatic rings. The van der Waals surface area contributed by atoms with E-state index in [1.54, 1.807) is 0 Å². The average molecular weight is 256 g/mol. The van der Waals surface area contributed by atoms with Gasteiger partial charge in [-0.3, -0.25) is 4.98 Å². The summed E-state index contributed by atoms with van der Waals surface area (Å²) < 4.78 is 0. The van der Waals surface area contributed by atoms with E-state index < -0.39 is 0 Å². The lowest BCUT2D eigenvalue weighted by molar-refractivity contribution is 0.426. The number of nitrogens with two attached hydrogens (primary N) is 1. The van der Waals surface area contributed by atoms with Crippen molar-refractivity contribution in [1.82, 2.24) is 10.3 Å². The number of nitrogen functional groups attached to an aromatic ring is 1. The first-order valence-corrected chi connectivity index (χ1v) is 6.79. The van der Waals surface area contributed by atoms with Crippen molar-refractivity contribution in [3.05, 3.63) is 30.5 Å². The third kappa shape index (κ3) is 2.24. The quantitative estimate of drug-likeness (QED) is 0.766. The Labute approximate surface area is 113 Å². The molecule has 1 aromatic heterocycles. The van der Waals surface area contributed by atoms with Gasteiger partial charge in [0.05, 0.1) is 5.52 Å². The van der Waals surface area contributed by atoms with Gasteiger partial charge in [-0.05, 0) is 38.1 Å². The molecule has 0 aliphatic carbocycles. The SMILES string of the molecule is C[C@@H]1CN(c2ccnc3ccc(N)cc23)[C@@H](C)CN1. The minimum absolute atomic E-state index is 0.475. The molecule has 4 heteroatoms. The predicted octanol–water partition coefficient (Wildman–Crippen LogP) is 2.00. The van der Waals surface area contributed by atoms with E-state index in [1.807, 2.05) is 24.4 Å². The van der Waals surface area contributed by atoms with Crippen LogP contribution in [0.1, 0.15) is 13.8 Å². The van der Waals surface area contributed by atoms with E-state index in [0.717, 1.165) is 29.7 Å². The summed E-state index contributed by atoms with van der Waals surface area (Å²) >= 11 is 0. The van der Waals surface area contributed by atoms with Gasteiger partial charge in [-0.2, -0.15) is 0 Å². The summed E-state index contributed by atoms with van der Waals surface area (Å²) in [5.41, 5.74) is 8.95. The van der Waals surface area contributed by atoms with E-state index in [4.69, 9.17) is 5.73 Å². The van der Waals surface area contributed by atoms with Crippen molar-refractivity contribution in [2.45, 2.75) is 25.9 Å². The van der Waals surface area contributed by atoms with Crippen LogP contribution in [0.2, 0.25) is 0 Å². The van der Waals surface area contributed by atoms with Crippen molar-refractivity contribution in [1.29, 1.82) is 0 Å². The smallest absolute Gasteiger partial charge is 0.0724 e. The zero-order valence-corrected chi connectivity index (χ0v) is 11.4. The Morgan fingerprint density at radius 3 is 3.00 bits per heavy atom. The lowest BCUT2D eigenvalue weighted by Gasteiger charge is -2.39. The maximum atomic E-state index is 5.93. The summed E-state index contributed by atoms with van der Waals surface area (Å²) in [4.78, 5) is 6.87. The van der Waals surface area contributed by atoms with E-state index in [9.17, 15) is 0 Å². The highest BCUT2D eigenvalue weighted by Crippen LogP contribution is 2.29. The molecule has 2 aromatic rings. The van der Waals surface area contributed by atoms with Gasteiger partial charge in [0, 0.05) is 48.1 Å². The predicted molar refractivity (Wildman–Crippen MR) is 80.4 cm³/mol. The molecule has 0 amide bonds. The molecule has 0 saturated carbocycles. The molecule has 100 valence electrons. The summed E-state index contributed by atoms with van der Waals surface area (Å²) in [6, 6.07) is 8.99. The molecule has 0 unspecified atom stereocenters. The number of hydrogen-bond donors (Lipinski definition) is 2. The Morgan fingerprint density at radius 1 is 1.32 bits per heavy atom. The Kier molecular flexibility index (Phi) is 3.03. The first kappa shape index (κ1) is 12.2. The number of nitrogens with zero attached hydrogens (tertiary/aromatic N) is 2. The van der Waals surface area contributed by atoms with Crippen molar-refractivity contribution in [2.75, 3.05) is 23.7 Å². The second-order valence-electron chi connectivity index (χ2n) is 5.42. The lowest BCUT2D eigenvalue weighted by atomic mass is 10.1. The number of pyridine rings is 1. The number of piperazine rings is 1. The zero-order valence-electron chi connectivity index (χ0n) is 11.4. The van der Waals surface area contributed by atoms with Crippen LogP contribution >= 0.6 is 0 Å². The van der Waals surface area contributed by atoms with Crippen LogP contribution in [0.3, 0.4) is 0 Å². The molecule has 1 saturated heterocycles. The summed E-state index contributed by atoms with van der Waals surface area (Å²) in [6.07, 6.45) is 1.88. The summed E-state index contributed by atoms with van der Waals surface area (Å²) in [5, 5.41) is 4.65. The van der Waals surface area contributed by atoms with Crippen molar-refractivity contribution in [2.24, 2.45) is 0 Å². The highest BCUT2D eigenvalue weighted by atomic mass is 15.2. The molecule has 2 heterocycles. The van der Waals surface area contributed by atoms with Crippen molar-refractivity contribution in [3.63, 3.8) is 0 Å². The molecular weight excluding hydrogens is 236 g/mol. The summed E-state index contributed by atoms with van der Waals surface area (Å²) in [6.45, 7) is 6.48. The third-order valence-electron chi connectivity index (χ3n) is 3.82. The average Bonchev–Trinajstić information content (AvgIpc) is 2.41. The van der Waals surface area contributed by atoms with Crippen LogP contribution in [0.25, 0.3) is 10.9 Å². The van der Waals surface area contributed by atoms with Crippen molar-refractivity contribution >= 4 is 22.3 Å². The molecule has 0 spiro atoms. The molecule has 4 nitrogen and oxygen atoms in total. The van der Waals surface area contributed by atoms with Crippen molar-refractivity contribution in [3.8, 4) is 0 Å². The van der Waals surface area contributed by atoms with Gasteiger partial charge in [-0.25, -0.2) is 0 Å². The van der Waals surface area contributed by atoms with Crippen LogP contribution in [0.5, 0.6) is 0 Å². The molecule has 0 bridgehead atoms. The number of hydrogen-bond acceptors (Lipinski definition) is 4. The Morgan fingerprint density at radius 2 is 2.16 bits per heavy atom. The molecular formula is C15H20N4. The molecule has 1 fully saturated rings. The molecule has 1 aromatic carbocycles. The monoisotopic (exact) mass is 256 g/mol. The zero-order chi connectivity index (χ0) is 13.4. The number of anilines is 2. The van der Waals surface area contributed by atoms with Gasteiger partial charge in [0.25, 0.3) is 0 Å². The van der Waals surface area contributed by atoms with Gasteiger partial charge < -0.3 is 16.0 Å². The Bertz CT molecular complexity index is 596. The van der Waals surface area contributed by atoms with E-state index in [-0.39, 0.29) is 0 Å². The van der Waals surface area contributed by atoms with Crippen LogP contribution in [0.15, 0.2) is 30.5 Å². The number of fused-ring (bicyclic) bond motifs is 1. The molecule has 3 rings (SSSR count). The van der Waals surface area contributed by atoms with Crippen LogP contribution in [-0.4, -0.2) is 30.2 Å². The van der Waals surface area contributed by atoms with Crippen LogP contribution in [-0.2, 0) is 0 Å².